The van der Waals surface area contributed by atoms with Crippen LogP contribution < -0.4 is 34.0 Å². The molecule has 4 rings (SSSR count). The number of carbonyl (C=O) groups excluding carboxylic acids is 1. The number of pyridine rings is 1. The molecule has 1 aromatic heterocycles. The molecule has 0 saturated carbocycles. The van der Waals surface area contributed by atoms with E-state index >= 15 is 4.39 Å². The molecule has 0 aliphatic heterocycles. The number of aromatic nitrogens is 1. The number of anilines is 4. The second-order valence-electron chi connectivity index (χ2n) is 10.1. The smallest absolute Gasteiger partial charge is 0.406 e. The lowest BCUT2D eigenvalue weighted by Gasteiger charge is -2.26. The lowest BCUT2D eigenvalue weighted by Crippen LogP contribution is -2.32. The summed E-state index contributed by atoms with van der Waals surface area (Å²) in [6.45, 7) is -3.31. The number of nitrogens with one attached hydrogen (secondary N) is 2. The summed E-state index contributed by atoms with van der Waals surface area (Å²) in [5.74, 6) is -0.481. The molecule has 0 fully saturated rings. The van der Waals surface area contributed by atoms with Crippen LogP contribution in [0.5, 0.6) is 17.2 Å². The van der Waals surface area contributed by atoms with Crippen LogP contribution in [-0.4, -0.2) is 67.6 Å². The number of benzene rings is 3. The summed E-state index contributed by atoms with van der Waals surface area (Å²) in [7, 11) is 1.25. The van der Waals surface area contributed by atoms with Crippen molar-refractivity contribution in [1.82, 2.24) is 10.3 Å². The first kappa shape index (κ1) is 36.7. The number of likely N-dealkylation sites (N-methyl/N-ethyl adjacent to an activating group) is 1. The van der Waals surface area contributed by atoms with Crippen molar-refractivity contribution in [1.29, 1.82) is 0 Å². The summed E-state index contributed by atoms with van der Waals surface area (Å²) in [6.07, 6.45) is 0.736. The quantitative estimate of drug-likeness (QED) is 0.142. The Morgan fingerprint density at radius 3 is 2.41 bits per heavy atom. The highest BCUT2D eigenvalue weighted by molar-refractivity contribution is 7.92. The fraction of sp³-hybridized carbons (Fsp3) is 0.250. The van der Waals surface area contributed by atoms with Gasteiger partial charge in [0, 0.05) is 44.1 Å². The Morgan fingerprint density at radius 2 is 1.76 bits per heavy atom. The van der Waals surface area contributed by atoms with E-state index in [4.69, 9.17) is 25.8 Å². The van der Waals surface area contributed by atoms with Crippen LogP contribution in [-0.2, 0) is 21.3 Å². The summed E-state index contributed by atoms with van der Waals surface area (Å²) in [5.41, 5.74) is 0.973. The van der Waals surface area contributed by atoms with E-state index in [-0.39, 0.29) is 47.7 Å². The molecule has 4 aromatic rings. The Balaban J connectivity index is 1.70. The van der Waals surface area contributed by atoms with Crippen LogP contribution in [0.25, 0.3) is 0 Å². The minimum Gasteiger partial charge on any atom is -0.497 e. The van der Waals surface area contributed by atoms with Gasteiger partial charge in [-0.15, -0.1) is 0 Å². The highest BCUT2D eigenvalue weighted by Gasteiger charge is 2.31. The Bertz CT molecular complexity index is 1870. The predicted octanol–water partition coefficient (Wildman–Crippen LogP) is 6.42. The molecule has 3 aromatic carbocycles. The highest BCUT2D eigenvalue weighted by atomic mass is 35.5. The number of rotatable bonds is 15. The molecule has 0 bridgehead atoms. The molecule has 2 N–H and O–H groups in total. The van der Waals surface area contributed by atoms with Gasteiger partial charge in [-0.1, -0.05) is 17.7 Å². The average molecular weight is 724 g/mol. The largest absolute Gasteiger partial charge is 0.497 e. The lowest BCUT2D eigenvalue weighted by molar-refractivity contribution is -0.0498. The van der Waals surface area contributed by atoms with Crippen molar-refractivity contribution in [3.05, 3.63) is 89.3 Å². The molecule has 0 aliphatic rings. The molecule has 0 radical (unpaired) electrons. The normalized spacial score (nSPS) is 11.1. The van der Waals surface area contributed by atoms with Gasteiger partial charge in [0.05, 0.1) is 49.4 Å². The molecule has 1 amide bonds. The molecule has 262 valence electrons. The molecule has 1 heterocycles. The minimum absolute atomic E-state index is 0.0114. The van der Waals surface area contributed by atoms with Gasteiger partial charge in [-0.05, 0) is 42.5 Å². The molecule has 12 nitrogen and oxygen atoms in total. The number of sulfonamides is 1. The summed E-state index contributed by atoms with van der Waals surface area (Å²) < 4.78 is 91.3. The maximum Gasteiger partial charge on any atom is 0.406 e. The number of alkyl halides is 2. The third-order valence-corrected chi connectivity index (χ3v) is 9.12. The molecular weight excluding hydrogens is 691 g/mol. The Labute approximate surface area is 286 Å². The number of halogens is 4. The zero-order chi connectivity index (χ0) is 35.7. The third-order valence-electron chi connectivity index (χ3n) is 7.04. The summed E-state index contributed by atoms with van der Waals surface area (Å²) in [6, 6.07) is 15.3. The first-order valence-corrected chi connectivity index (χ1v) is 16.2. The fourth-order valence-electron chi connectivity index (χ4n) is 4.59. The van der Waals surface area contributed by atoms with E-state index in [1.807, 2.05) is 0 Å². The van der Waals surface area contributed by atoms with E-state index in [0.29, 0.717) is 22.7 Å². The van der Waals surface area contributed by atoms with Gasteiger partial charge in [-0.25, -0.2) is 26.9 Å². The average Bonchev–Trinajstić information content (AvgIpc) is 3.08. The fourth-order valence-corrected chi connectivity index (χ4v) is 6.34. The van der Waals surface area contributed by atoms with Crippen molar-refractivity contribution in [3.63, 3.8) is 0 Å². The number of methoxy groups -OCH3 is 2. The first-order valence-electron chi connectivity index (χ1n) is 14.4. The van der Waals surface area contributed by atoms with Crippen molar-refractivity contribution >= 4 is 50.6 Å². The van der Waals surface area contributed by atoms with Crippen molar-refractivity contribution in [2.45, 2.75) is 18.1 Å². The Morgan fingerprint density at radius 1 is 1.00 bits per heavy atom. The second kappa shape index (κ2) is 16.3. The van der Waals surface area contributed by atoms with Gasteiger partial charge in [0.25, 0.3) is 10.0 Å². The number of nitrogens with zero attached hydrogens (tertiary/aromatic N) is 3. The standard InChI is InChI=1S/C32H33ClF3N5O7S/c1-37-32(42)47-14-13-40(2)27-15-22(48-31(35)36)10-11-25(27)39-26-18-24(34)29(17-23(26)33)49(43,44)41(30-7-5-6-12-38-30)19-20-8-9-21(45-3)16-28(20)46-4/h5-12,15-18,31,39H,13-14,19H2,1-4H3,(H,37,42). The summed E-state index contributed by atoms with van der Waals surface area (Å²) in [4.78, 5) is 16.5. The van der Waals surface area contributed by atoms with Crippen LogP contribution in [0.1, 0.15) is 5.56 Å². The van der Waals surface area contributed by atoms with Crippen LogP contribution in [0.4, 0.5) is 40.8 Å². The number of ether oxygens (including phenoxy) is 4. The molecular formula is C32H33ClF3N5O7S. The van der Waals surface area contributed by atoms with Gasteiger partial charge in [-0.3, -0.25) is 0 Å². The molecule has 17 heteroatoms. The third kappa shape index (κ3) is 9.08. The van der Waals surface area contributed by atoms with Gasteiger partial charge in [0.15, 0.2) is 0 Å². The molecule has 0 atom stereocenters. The predicted molar refractivity (Wildman–Crippen MR) is 179 cm³/mol. The van der Waals surface area contributed by atoms with Crippen molar-refractivity contribution < 1.29 is 45.3 Å². The van der Waals surface area contributed by atoms with Crippen LogP contribution in [0.15, 0.2) is 77.8 Å². The molecule has 0 aliphatic carbocycles. The number of carbonyl (C=O) groups is 1. The molecule has 49 heavy (non-hydrogen) atoms. The van der Waals surface area contributed by atoms with E-state index in [1.54, 1.807) is 42.3 Å². The van der Waals surface area contributed by atoms with Gasteiger partial charge in [-0.2, -0.15) is 8.78 Å². The maximum absolute atomic E-state index is 15.9. The van der Waals surface area contributed by atoms with E-state index in [0.717, 1.165) is 16.4 Å². The van der Waals surface area contributed by atoms with Crippen LogP contribution in [0.2, 0.25) is 5.02 Å². The van der Waals surface area contributed by atoms with Crippen molar-refractivity contribution in [3.8, 4) is 17.2 Å². The number of hydrogen-bond acceptors (Lipinski definition) is 10. The van der Waals surface area contributed by atoms with Crippen molar-refractivity contribution in [2.75, 3.05) is 56.0 Å². The summed E-state index contributed by atoms with van der Waals surface area (Å²) in [5, 5.41) is 5.07. The number of alkyl carbamates (subject to hydrolysis) is 1. The van der Waals surface area contributed by atoms with E-state index in [1.165, 1.54) is 51.7 Å². The highest BCUT2D eigenvalue weighted by Crippen LogP contribution is 2.38. The SMILES string of the molecule is CNC(=O)OCCN(C)c1cc(OC(F)F)ccc1Nc1cc(F)c(S(=O)(=O)N(Cc2ccc(OC)cc2OC)c2ccccn2)cc1Cl. The molecule has 0 spiro atoms. The minimum atomic E-state index is -4.64. The zero-order valence-electron chi connectivity index (χ0n) is 26.7. The van der Waals surface area contributed by atoms with Crippen LogP contribution in [0, 0.1) is 5.82 Å². The monoisotopic (exact) mass is 723 g/mol. The van der Waals surface area contributed by atoms with Crippen LogP contribution in [0.3, 0.4) is 0 Å². The second-order valence-corrected chi connectivity index (χ2v) is 12.4. The van der Waals surface area contributed by atoms with Gasteiger partial charge in [0.2, 0.25) is 0 Å². The number of amides is 1. The zero-order valence-corrected chi connectivity index (χ0v) is 28.3. The molecule has 0 unspecified atom stereocenters. The lowest BCUT2D eigenvalue weighted by atomic mass is 10.2. The Kier molecular flexibility index (Phi) is 12.3. The number of hydrogen-bond donors (Lipinski definition) is 2. The van der Waals surface area contributed by atoms with Crippen molar-refractivity contribution in [2.24, 2.45) is 0 Å². The summed E-state index contributed by atoms with van der Waals surface area (Å²) >= 11 is 6.55. The van der Waals surface area contributed by atoms with E-state index < -0.39 is 33.4 Å². The van der Waals surface area contributed by atoms with E-state index in [2.05, 4.69) is 20.4 Å². The Hall–Kier alpha value is -5.09. The van der Waals surface area contributed by atoms with Gasteiger partial charge < -0.3 is 34.5 Å². The van der Waals surface area contributed by atoms with Crippen LogP contribution >= 0.6 is 11.6 Å². The van der Waals surface area contributed by atoms with E-state index in [9.17, 15) is 22.0 Å². The molecule has 0 saturated heterocycles. The topological polar surface area (TPSA) is 132 Å². The maximum atomic E-state index is 15.9. The van der Waals surface area contributed by atoms with Gasteiger partial charge >= 0.3 is 12.7 Å². The first-order chi connectivity index (χ1) is 23.4. The van der Waals surface area contributed by atoms with Gasteiger partial charge in [0.1, 0.15) is 40.4 Å².